The third kappa shape index (κ3) is 7.34. The van der Waals surface area contributed by atoms with E-state index in [2.05, 4.69) is 5.32 Å². The van der Waals surface area contributed by atoms with Crippen LogP contribution in [-0.4, -0.2) is 32.8 Å². The lowest BCUT2D eigenvalue weighted by Crippen LogP contribution is -2.20. The molecule has 0 radical (unpaired) electrons. The number of halogens is 2. The zero-order valence-corrected chi connectivity index (χ0v) is 10.4. The van der Waals surface area contributed by atoms with Gasteiger partial charge >= 0.3 is 0 Å². The molecule has 0 fully saturated rings. The Balaban J connectivity index is 2.14. The highest BCUT2D eigenvalue weighted by molar-refractivity contribution is 5.27. The Morgan fingerprint density at radius 3 is 2.63 bits per heavy atom. The van der Waals surface area contributed by atoms with Crippen LogP contribution >= 0.6 is 0 Å². The van der Waals surface area contributed by atoms with Gasteiger partial charge in [-0.15, -0.1) is 0 Å². The van der Waals surface area contributed by atoms with E-state index >= 15 is 0 Å². The fourth-order valence-electron chi connectivity index (χ4n) is 1.37. The van der Waals surface area contributed by atoms with Crippen molar-refractivity contribution in [2.24, 2.45) is 0 Å². The SMILES string of the molecule is N#CCOc1ccc(CNCCOCC(F)F)cc1. The largest absolute Gasteiger partial charge is 0.479 e. The van der Waals surface area contributed by atoms with Gasteiger partial charge in [0.05, 0.1) is 6.61 Å². The zero-order chi connectivity index (χ0) is 13.9. The Labute approximate surface area is 110 Å². The van der Waals surface area contributed by atoms with Gasteiger partial charge < -0.3 is 14.8 Å². The van der Waals surface area contributed by atoms with Crippen LogP contribution in [0, 0.1) is 11.3 Å². The van der Waals surface area contributed by atoms with Crippen LogP contribution in [0.5, 0.6) is 5.75 Å². The van der Waals surface area contributed by atoms with E-state index in [0.29, 0.717) is 18.8 Å². The number of rotatable bonds is 9. The lowest BCUT2D eigenvalue weighted by atomic mass is 10.2. The van der Waals surface area contributed by atoms with E-state index in [1.165, 1.54) is 0 Å². The maximum atomic E-state index is 11.8. The maximum absolute atomic E-state index is 11.8. The summed E-state index contributed by atoms with van der Waals surface area (Å²) in [6, 6.07) is 9.20. The van der Waals surface area contributed by atoms with Crippen molar-refractivity contribution in [1.29, 1.82) is 5.26 Å². The maximum Gasteiger partial charge on any atom is 0.261 e. The van der Waals surface area contributed by atoms with Crippen LogP contribution in [0.3, 0.4) is 0 Å². The van der Waals surface area contributed by atoms with Gasteiger partial charge in [0.25, 0.3) is 6.43 Å². The minimum Gasteiger partial charge on any atom is -0.479 e. The van der Waals surface area contributed by atoms with Gasteiger partial charge in [0.1, 0.15) is 18.4 Å². The van der Waals surface area contributed by atoms with E-state index in [1.54, 1.807) is 12.1 Å². The van der Waals surface area contributed by atoms with E-state index < -0.39 is 13.0 Å². The number of hydrogen-bond donors (Lipinski definition) is 1. The number of hydrogen-bond acceptors (Lipinski definition) is 4. The number of nitrogens with one attached hydrogen (secondary N) is 1. The molecule has 0 bridgehead atoms. The minimum absolute atomic E-state index is 0.0269. The molecule has 0 unspecified atom stereocenters. The van der Waals surface area contributed by atoms with E-state index in [4.69, 9.17) is 14.7 Å². The summed E-state index contributed by atoms with van der Waals surface area (Å²) < 4.78 is 33.4. The summed E-state index contributed by atoms with van der Waals surface area (Å²) in [6.07, 6.45) is -2.42. The molecule has 0 spiro atoms. The molecule has 1 aromatic carbocycles. The van der Waals surface area contributed by atoms with Gasteiger partial charge in [0.2, 0.25) is 0 Å². The van der Waals surface area contributed by atoms with Crippen molar-refractivity contribution in [3.63, 3.8) is 0 Å². The predicted molar refractivity (Wildman–Crippen MR) is 66.1 cm³/mol. The first kappa shape index (κ1) is 15.3. The molecule has 0 aromatic heterocycles. The average Bonchev–Trinajstić information content (AvgIpc) is 2.41. The first-order chi connectivity index (χ1) is 9.22. The second-order valence-corrected chi connectivity index (χ2v) is 3.73. The minimum atomic E-state index is -2.42. The molecule has 104 valence electrons. The van der Waals surface area contributed by atoms with Gasteiger partial charge in [-0.25, -0.2) is 8.78 Å². The topological polar surface area (TPSA) is 54.3 Å². The Hall–Kier alpha value is -1.71. The summed E-state index contributed by atoms with van der Waals surface area (Å²) in [5, 5.41) is 11.4. The highest BCUT2D eigenvalue weighted by Crippen LogP contribution is 2.11. The van der Waals surface area contributed by atoms with Gasteiger partial charge in [-0.3, -0.25) is 0 Å². The lowest BCUT2D eigenvalue weighted by molar-refractivity contribution is 0.0187. The quantitative estimate of drug-likeness (QED) is 0.697. The Morgan fingerprint density at radius 1 is 1.26 bits per heavy atom. The first-order valence-corrected chi connectivity index (χ1v) is 5.87. The summed E-state index contributed by atoms with van der Waals surface area (Å²) >= 11 is 0. The van der Waals surface area contributed by atoms with Crippen molar-refractivity contribution in [2.75, 3.05) is 26.4 Å². The third-order valence-corrected chi connectivity index (χ3v) is 2.22. The molecule has 0 aliphatic carbocycles. The highest BCUT2D eigenvalue weighted by Gasteiger charge is 2.00. The zero-order valence-electron chi connectivity index (χ0n) is 10.4. The molecule has 19 heavy (non-hydrogen) atoms. The van der Waals surface area contributed by atoms with E-state index in [1.807, 2.05) is 18.2 Å². The number of benzene rings is 1. The van der Waals surface area contributed by atoms with Crippen LogP contribution in [0.1, 0.15) is 5.56 Å². The molecule has 0 aliphatic heterocycles. The van der Waals surface area contributed by atoms with Gasteiger partial charge in [-0.2, -0.15) is 5.26 Å². The second-order valence-electron chi connectivity index (χ2n) is 3.73. The predicted octanol–water partition coefficient (Wildman–Crippen LogP) is 1.96. The van der Waals surface area contributed by atoms with Crippen molar-refractivity contribution in [3.05, 3.63) is 29.8 Å². The van der Waals surface area contributed by atoms with Crippen molar-refractivity contribution < 1.29 is 18.3 Å². The van der Waals surface area contributed by atoms with Crippen LogP contribution in [0.4, 0.5) is 8.78 Å². The van der Waals surface area contributed by atoms with Crippen molar-refractivity contribution in [2.45, 2.75) is 13.0 Å². The summed E-state index contributed by atoms with van der Waals surface area (Å²) in [5.41, 5.74) is 1.04. The molecule has 4 nitrogen and oxygen atoms in total. The fraction of sp³-hybridized carbons (Fsp3) is 0.462. The molecule has 0 saturated heterocycles. The smallest absolute Gasteiger partial charge is 0.261 e. The molecule has 6 heteroatoms. The lowest BCUT2D eigenvalue weighted by Gasteiger charge is -2.07. The molecule has 0 heterocycles. The summed E-state index contributed by atoms with van der Waals surface area (Å²) in [6.45, 7) is 0.898. The number of alkyl halides is 2. The molecule has 1 N–H and O–H groups in total. The van der Waals surface area contributed by atoms with Crippen molar-refractivity contribution in [1.82, 2.24) is 5.32 Å². The van der Waals surface area contributed by atoms with E-state index in [9.17, 15) is 8.78 Å². The molecule has 0 saturated carbocycles. The van der Waals surface area contributed by atoms with Crippen LogP contribution in [0.15, 0.2) is 24.3 Å². The van der Waals surface area contributed by atoms with Crippen LogP contribution in [-0.2, 0) is 11.3 Å². The normalized spacial score (nSPS) is 10.4. The summed E-state index contributed by atoms with van der Waals surface area (Å²) in [7, 11) is 0. The van der Waals surface area contributed by atoms with E-state index in [0.717, 1.165) is 5.56 Å². The molecular weight excluding hydrogens is 254 g/mol. The van der Waals surface area contributed by atoms with Gasteiger partial charge in [-0.05, 0) is 17.7 Å². The molecule has 0 amide bonds. The molecular formula is C13H16F2N2O2. The van der Waals surface area contributed by atoms with E-state index in [-0.39, 0.29) is 13.2 Å². The van der Waals surface area contributed by atoms with Gasteiger partial charge in [0.15, 0.2) is 6.61 Å². The van der Waals surface area contributed by atoms with Crippen LogP contribution in [0.2, 0.25) is 0 Å². The number of nitrogens with zero attached hydrogens (tertiary/aromatic N) is 1. The molecule has 0 atom stereocenters. The number of nitriles is 1. The van der Waals surface area contributed by atoms with Crippen molar-refractivity contribution in [3.8, 4) is 11.8 Å². The third-order valence-electron chi connectivity index (χ3n) is 2.22. The summed E-state index contributed by atoms with van der Waals surface area (Å²) in [4.78, 5) is 0. The molecule has 1 aromatic rings. The standard InChI is InChI=1S/C13H16F2N2O2/c14-13(15)10-18-8-6-17-9-11-1-3-12(4-2-11)19-7-5-16/h1-4,13,17H,6-10H2. The first-order valence-electron chi connectivity index (χ1n) is 5.87. The molecule has 1 rings (SSSR count). The van der Waals surface area contributed by atoms with Gasteiger partial charge in [0, 0.05) is 13.1 Å². The summed E-state index contributed by atoms with van der Waals surface area (Å²) in [5.74, 6) is 0.644. The highest BCUT2D eigenvalue weighted by atomic mass is 19.3. The van der Waals surface area contributed by atoms with Crippen LogP contribution in [0.25, 0.3) is 0 Å². The Kier molecular flexibility index (Phi) is 7.47. The van der Waals surface area contributed by atoms with Crippen molar-refractivity contribution >= 4 is 0 Å². The Bertz CT molecular complexity index is 391. The monoisotopic (exact) mass is 270 g/mol. The number of ether oxygens (including phenoxy) is 2. The molecule has 0 aliphatic rings. The second kappa shape index (κ2) is 9.25. The average molecular weight is 270 g/mol. The Morgan fingerprint density at radius 2 is 2.00 bits per heavy atom. The van der Waals surface area contributed by atoms with Crippen LogP contribution < -0.4 is 10.1 Å². The fourth-order valence-corrected chi connectivity index (χ4v) is 1.37. The van der Waals surface area contributed by atoms with Gasteiger partial charge in [-0.1, -0.05) is 12.1 Å².